The summed E-state index contributed by atoms with van der Waals surface area (Å²) in [6.45, 7) is 9.10. The van der Waals surface area contributed by atoms with E-state index in [-0.39, 0.29) is 12.1 Å². The van der Waals surface area contributed by atoms with E-state index in [1.807, 2.05) is 16.8 Å². The lowest BCUT2D eigenvalue weighted by Gasteiger charge is -2.34. The third-order valence-electron chi connectivity index (χ3n) is 5.10. The number of carbonyl (C=O) groups is 1. The lowest BCUT2D eigenvalue weighted by molar-refractivity contribution is 0.240. The maximum Gasteiger partial charge on any atom is 0.319 e. The molecule has 30 heavy (non-hydrogen) atoms. The van der Waals surface area contributed by atoms with Crippen LogP contribution in [-0.2, 0) is 0 Å². The van der Waals surface area contributed by atoms with Gasteiger partial charge in [-0.3, -0.25) is 4.90 Å². The van der Waals surface area contributed by atoms with Gasteiger partial charge in [0.05, 0.1) is 18.1 Å². The molecule has 10 nitrogen and oxygen atoms in total. The Kier molecular flexibility index (Phi) is 6.03. The van der Waals surface area contributed by atoms with Gasteiger partial charge in [0.25, 0.3) is 0 Å². The molecule has 1 aliphatic heterocycles. The van der Waals surface area contributed by atoms with Crippen molar-refractivity contribution in [2.45, 2.75) is 19.9 Å². The van der Waals surface area contributed by atoms with Crippen LogP contribution in [0.25, 0.3) is 11.0 Å². The van der Waals surface area contributed by atoms with Crippen molar-refractivity contribution >= 4 is 28.7 Å². The van der Waals surface area contributed by atoms with E-state index in [9.17, 15) is 4.79 Å². The number of fused-ring (bicyclic) bond motifs is 1. The van der Waals surface area contributed by atoms with Gasteiger partial charge in [-0.15, -0.1) is 0 Å². The van der Waals surface area contributed by atoms with Gasteiger partial charge in [0.15, 0.2) is 5.65 Å². The lowest BCUT2D eigenvalue weighted by atomic mass is 10.3. The molecular weight excluding hydrogens is 382 g/mol. The van der Waals surface area contributed by atoms with Crippen LogP contribution in [0.5, 0.6) is 0 Å². The summed E-state index contributed by atoms with van der Waals surface area (Å²) in [5.41, 5.74) is 1.47. The number of rotatable bonds is 6. The van der Waals surface area contributed by atoms with Crippen LogP contribution in [0.2, 0.25) is 0 Å². The smallest absolute Gasteiger partial charge is 0.319 e. The molecule has 3 aromatic heterocycles. The number of aromatic nitrogens is 5. The van der Waals surface area contributed by atoms with Gasteiger partial charge < -0.3 is 15.5 Å². The Hall–Kier alpha value is -3.27. The van der Waals surface area contributed by atoms with E-state index in [4.69, 9.17) is 0 Å². The fraction of sp³-hybridized carbons (Fsp3) is 0.450. The molecule has 10 heteroatoms. The van der Waals surface area contributed by atoms with Gasteiger partial charge in [-0.1, -0.05) is 0 Å². The molecular formula is C20H27N9O. The molecule has 158 valence electrons. The molecule has 1 saturated heterocycles. The average Bonchev–Trinajstić information content (AvgIpc) is 3.18. The second-order valence-electron chi connectivity index (χ2n) is 7.58. The zero-order valence-corrected chi connectivity index (χ0v) is 17.3. The molecule has 2 amide bonds. The van der Waals surface area contributed by atoms with E-state index in [1.54, 1.807) is 24.8 Å². The first-order valence-corrected chi connectivity index (χ1v) is 10.2. The third-order valence-corrected chi connectivity index (χ3v) is 5.10. The Labute approximate surface area is 175 Å². The molecule has 0 aromatic carbocycles. The minimum Gasteiger partial charge on any atom is -0.338 e. The molecule has 0 bridgehead atoms. The highest BCUT2D eigenvalue weighted by Gasteiger charge is 2.18. The van der Waals surface area contributed by atoms with Gasteiger partial charge in [-0.25, -0.2) is 24.4 Å². The standard InChI is InChI=1S/C20H27N9O/c1-15(2)29-18-16(13-25-29)12-17(14-24-18)26-20(30)23-6-7-27-8-10-28(11-9-27)19-21-4-3-5-22-19/h3-5,12-15H,6-11H2,1-2H3,(H2,23,26,30). The molecule has 0 aliphatic carbocycles. The Morgan fingerprint density at radius 3 is 2.60 bits per heavy atom. The van der Waals surface area contributed by atoms with Crippen LogP contribution in [0.4, 0.5) is 16.4 Å². The third kappa shape index (κ3) is 4.65. The van der Waals surface area contributed by atoms with Crippen molar-refractivity contribution < 1.29 is 4.79 Å². The molecule has 0 spiro atoms. The van der Waals surface area contributed by atoms with Crippen molar-refractivity contribution in [1.29, 1.82) is 0 Å². The first-order valence-electron chi connectivity index (χ1n) is 10.2. The quantitative estimate of drug-likeness (QED) is 0.639. The average molecular weight is 409 g/mol. The van der Waals surface area contributed by atoms with Gasteiger partial charge in [0.1, 0.15) is 0 Å². The van der Waals surface area contributed by atoms with Crippen molar-refractivity contribution in [1.82, 2.24) is 34.9 Å². The number of urea groups is 1. The van der Waals surface area contributed by atoms with Crippen LogP contribution < -0.4 is 15.5 Å². The number of hydrogen-bond donors (Lipinski definition) is 2. The second-order valence-corrected chi connectivity index (χ2v) is 7.58. The fourth-order valence-corrected chi connectivity index (χ4v) is 3.52. The van der Waals surface area contributed by atoms with E-state index < -0.39 is 0 Å². The molecule has 4 rings (SSSR count). The molecule has 1 fully saturated rings. The van der Waals surface area contributed by atoms with E-state index in [2.05, 4.69) is 54.3 Å². The number of anilines is 2. The summed E-state index contributed by atoms with van der Waals surface area (Å²) in [7, 11) is 0. The van der Waals surface area contributed by atoms with E-state index in [0.717, 1.165) is 49.7 Å². The minimum absolute atomic E-state index is 0.233. The van der Waals surface area contributed by atoms with Crippen LogP contribution >= 0.6 is 0 Å². The minimum atomic E-state index is -0.233. The number of amides is 2. The molecule has 0 saturated carbocycles. The number of nitrogens with zero attached hydrogens (tertiary/aromatic N) is 7. The molecule has 0 radical (unpaired) electrons. The summed E-state index contributed by atoms with van der Waals surface area (Å²) in [4.78, 5) is 29.8. The van der Waals surface area contributed by atoms with Crippen LogP contribution in [0, 0.1) is 0 Å². The molecule has 1 aliphatic rings. The summed E-state index contributed by atoms with van der Waals surface area (Å²) < 4.78 is 1.86. The fourth-order valence-electron chi connectivity index (χ4n) is 3.52. The highest BCUT2D eigenvalue weighted by molar-refractivity contribution is 5.91. The van der Waals surface area contributed by atoms with E-state index in [0.29, 0.717) is 12.2 Å². The van der Waals surface area contributed by atoms with E-state index in [1.165, 1.54) is 0 Å². The molecule has 0 atom stereocenters. The summed E-state index contributed by atoms with van der Waals surface area (Å²) >= 11 is 0. The van der Waals surface area contributed by atoms with Crippen molar-refractivity contribution in [3.05, 3.63) is 36.9 Å². The van der Waals surface area contributed by atoms with Crippen LogP contribution in [-0.4, -0.2) is 74.9 Å². The second kappa shape index (κ2) is 9.04. The van der Waals surface area contributed by atoms with Gasteiger partial charge in [0, 0.05) is 63.1 Å². The predicted octanol–water partition coefficient (Wildman–Crippen LogP) is 1.75. The summed E-state index contributed by atoms with van der Waals surface area (Å²) in [5.74, 6) is 0.777. The summed E-state index contributed by atoms with van der Waals surface area (Å²) in [5, 5.41) is 11.0. The zero-order chi connectivity index (χ0) is 20.9. The predicted molar refractivity (Wildman–Crippen MR) is 116 cm³/mol. The number of hydrogen-bond acceptors (Lipinski definition) is 7. The SMILES string of the molecule is CC(C)n1ncc2cc(NC(=O)NCCN3CCN(c4ncccn4)CC3)cnc21. The molecule has 4 heterocycles. The maximum absolute atomic E-state index is 12.2. The van der Waals surface area contributed by atoms with Crippen LogP contribution in [0.15, 0.2) is 36.9 Å². The van der Waals surface area contributed by atoms with E-state index >= 15 is 0 Å². The van der Waals surface area contributed by atoms with Gasteiger partial charge >= 0.3 is 6.03 Å². The first kappa shape index (κ1) is 20.0. The van der Waals surface area contributed by atoms with Crippen LogP contribution in [0.3, 0.4) is 0 Å². The Morgan fingerprint density at radius 1 is 1.10 bits per heavy atom. The summed E-state index contributed by atoms with van der Waals surface area (Å²) in [6.07, 6.45) is 6.96. The molecule has 2 N–H and O–H groups in total. The topological polar surface area (TPSA) is 104 Å². The lowest BCUT2D eigenvalue weighted by Crippen LogP contribution is -2.49. The van der Waals surface area contributed by atoms with Crippen molar-refractivity contribution in [3.8, 4) is 0 Å². The molecule has 0 unspecified atom stereocenters. The normalized spacial score (nSPS) is 15.0. The largest absolute Gasteiger partial charge is 0.338 e. The van der Waals surface area contributed by atoms with Gasteiger partial charge in [-0.2, -0.15) is 5.10 Å². The maximum atomic E-state index is 12.2. The number of carbonyl (C=O) groups excluding carboxylic acids is 1. The molecule has 3 aromatic rings. The van der Waals surface area contributed by atoms with Gasteiger partial charge in [-0.05, 0) is 26.0 Å². The van der Waals surface area contributed by atoms with Gasteiger partial charge in [0.2, 0.25) is 5.95 Å². The van der Waals surface area contributed by atoms with Crippen molar-refractivity contribution in [3.63, 3.8) is 0 Å². The monoisotopic (exact) mass is 409 g/mol. The Balaban J connectivity index is 1.21. The van der Waals surface area contributed by atoms with Crippen molar-refractivity contribution in [2.75, 3.05) is 49.5 Å². The summed E-state index contributed by atoms with van der Waals surface area (Å²) in [6, 6.07) is 3.71. The number of piperazine rings is 1. The first-order chi connectivity index (χ1) is 14.6. The number of nitrogens with one attached hydrogen (secondary N) is 2. The Morgan fingerprint density at radius 2 is 1.87 bits per heavy atom. The highest BCUT2D eigenvalue weighted by Crippen LogP contribution is 2.19. The highest BCUT2D eigenvalue weighted by atomic mass is 16.2. The van der Waals surface area contributed by atoms with Crippen molar-refractivity contribution in [2.24, 2.45) is 0 Å². The zero-order valence-electron chi connectivity index (χ0n) is 17.3. The number of pyridine rings is 1. The Bertz CT molecular complexity index is 980. The van der Waals surface area contributed by atoms with Crippen LogP contribution in [0.1, 0.15) is 19.9 Å².